The Labute approximate surface area is 188 Å². The molecule has 6 nitrogen and oxygen atoms in total. The first-order valence-electron chi connectivity index (χ1n) is 10.3. The molecule has 0 aliphatic carbocycles. The molecule has 0 saturated carbocycles. The molecular weight excluding hydrogens is 431 g/mol. The van der Waals surface area contributed by atoms with E-state index in [0.717, 1.165) is 28.9 Å². The number of para-hydroxylation sites is 2. The SMILES string of the molecule is Cc1cc(CNC(=O)CC(Nc2nc3ccccc3[nH]2)c2cccc(C(F)(F)F)c2)ccn1. The molecule has 170 valence electrons. The third kappa shape index (κ3) is 5.68. The summed E-state index contributed by atoms with van der Waals surface area (Å²) in [4.78, 5) is 24.4. The predicted octanol–water partition coefficient (Wildman–Crippen LogP) is 5.14. The zero-order chi connectivity index (χ0) is 23.4. The van der Waals surface area contributed by atoms with Gasteiger partial charge in [-0.25, -0.2) is 4.98 Å². The van der Waals surface area contributed by atoms with Crippen LogP contribution in [-0.4, -0.2) is 20.9 Å². The number of aromatic nitrogens is 3. The molecule has 0 spiro atoms. The number of anilines is 1. The number of imidazole rings is 1. The molecule has 0 saturated heterocycles. The Morgan fingerprint density at radius 2 is 1.91 bits per heavy atom. The molecule has 3 N–H and O–H groups in total. The molecule has 1 unspecified atom stereocenters. The summed E-state index contributed by atoms with van der Waals surface area (Å²) in [6.45, 7) is 2.15. The van der Waals surface area contributed by atoms with Crippen molar-refractivity contribution in [1.29, 1.82) is 0 Å². The van der Waals surface area contributed by atoms with Crippen molar-refractivity contribution in [2.24, 2.45) is 0 Å². The predicted molar refractivity (Wildman–Crippen MR) is 119 cm³/mol. The molecule has 2 aromatic heterocycles. The molecule has 4 rings (SSSR count). The highest BCUT2D eigenvalue weighted by Crippen LogP contribution is 2.32. The van der Waals surface area contributed by atoms with Gasteiger partial charge in [-0.05, 0) is 54.4 Å². The van der Waals surface area contributed by atoms with Gasteiger partial charge in [-0.3, -0.25) is 9.78 Å². The van der Waals surface area contributed by atoms with Crippen LogP contribution in [0.1, 0.15) is 34.8 Å². The fourth-order valence-electron chi connectivity index (χ4n) is 3.54. The van der Waals surface area contributed by atoms with Crippen LogP contribution in [0, 0.1) is 6.92 Å². The fraction of sp³-hybridized carbons (Fsp3) is 0.208. The standard InChI is InChI=1S/C24H22F3N5O/c1-15-11-16(9-10-28-15)14-29-22(33)13-21(17-5-4-6-18(12-17)24(25,26)27)32-23-30-19-7-2-3-8-20(19)31-23/h2-12,21H,13-14H2,1H3,(H,29,33)(H2,30,31,32). The molecule has 0 fully saturated rings. The van der Waals surface area contributed by atoms with E-state index in [0.29, 0.717) is 23.6 Å². The number of amides is 1. The van der Waals surface area contributed by atoms with Crippen LogP contribution < -0.4 is 10.6 Å². The van der Waals surface area contributed by atoms with Gasteiger partial charge in [0.1, 0.15) is 0 Å². The highest BCUT2D eigenvalue weighted by molar-refractivity contribution is 5.79. The molecular formula is C24H22F3N5O. The fourth-order valence-corrected chi connectivity index (χ4v) is 3.54. The van der Waals surface area contributed by atoms with Gasteiger partial charge in [-0.2, -0.15) is 13.2 Å². The molecule has 0 radical (unpaired) electrons. The summed E-state index contributed by atoms with van der Waals surface area (Å²) in [5, 5.41) is 5.92. The summed E-state index contributed by atoms with van der Waals surface area (Å²) < 4.78 is 39.8. The zero-order valence-corrected chi connectivity index (χ0v) is 17.8. The Balaban J connectivity index is 1.56. The summed E-state index contributed by atoms with van der Waals surface area (Å²) in [7, 11) is 0. The highest BCUT2D eigenvalue weighted by Gasteiger charge is 2.31. The lowest BCUT2D eigenvalue weighted by atomic mass is 10.0. The van der Waals surface area contributed by atoms with Crippen LogP contribution in [0.3, 0.4) is 0 Å². The van der Waals surface area contributed by atoms with Crippen LogP contribution in [0.15, 0.2) is 66.9 Å². The maximum atomic E-state index is 13.3. The van der Waals surface area contributed by atoms with E-state index in [4.69, 9.17) is 0 Å². The molecule has 4 aromatic rings. The Morgan fingerprint density at radius 1 is 1.09 bits per heavy atom. The van der Waals surface area contributed by atoms with Crippen LogP contribution >= 0.6 is 0 Å². The van der Waals surface area contributed by atoms with Crippen molar-refractivity contribution in [2.45, 2.75) is 32.1 Å². The lowest BCUT2D eigenvalue weighted by Crippen LogP contribution is -2.27. The average molecular weight is 453 g/mol. The van der Waals surface area contributed by atoms with Crippen molar-refractivity contribution in [3.05, 3.63) is 89.2 Å². The topological polar surface area (TPSA) is 82.7 Å². The van der Waals surface area contributed by atoms with E-state index in [-0.39, 0.29) is 12.3 Å². The minimum absolute atomic E-state index is 0.0809. The third-order valence-corrected chi connectivity index (χ3v) is 5.16. The number of nitrogens with one attached hydrogen (secondary N) is 3. The molecule has 2 heterocycles. The van der Waals surface area contributed by atoms with E-state index in [9.17, 15) is 18.0 Å². The molecule has 9 heteroatoms. The van der Waals surface area contributed by atoms with Crippen LogP contribution in [-0.2, 0) is 17.5 Å². The highest BCUT2D eigenvalue weighted by atomic mass is 19.4. The molecule has 2 aromatic carbocycles. The average Bonchev–Trinajstić information content (AvgIpc) is 3.19. The summed E-state index contributed by atoms with van der Waals surface area (Å²) >= 11 is 0. The van der Waals surface area contributed by atoms with Crippen molar-refractivity contribution in [3.8, 4) is 0 Å². The lowest BCUT2D eigenvalue weighted by molar-refractivity contribution is -0.137. The van der Waals surface area contributed by atoms with Gasteiger partial charge >= 0.3 is 6.18 Å². The van der Waals surface area contributed by atoms with Crippen molar-refractivity contribution in [3.63, 3.8) is 0 Å². The number of hydrogen-bond donors (Lipinski definition) is 3. The van der Waals surface area contributed by atoms with Gasteiger partial charge in [-0.1, -0.05) is 24.3 Å². The Bertz CT molecular complexity index is 1240. The second kappa shape index (κ2) is 9.32. The van der Waals surface area contributed by atoms with E-state index < -0.39 is 17.8 Å². The van der Waals surface area contributed by atoms with E-state index in [2.05, 4.69) is 25.6 Å². The summed E-state index contributed by atoms with van der Waals surface area (Å²) in [6.07, 6.45) is -2.91. The first kappa shape index (κ1) is 22.3. The smallest absolute Gasteiger partial charge is 0.352 e. The van der Waals surface area contributed by atoms with E-state index in [1.165, 1.54) is 6.07 Å². The second-order valence-corrected chi connectivity index (χ2v) is 7.71. The summed E-state index contributed by atoms with van der Waals surface area (Å²) in [6, 6.07) is 15.2. The van der Waals surface area contributed by atoms with Gasteiger partial charge in [0, 0.05) is 18.4 Å². The number of rotatable bonds is 7. The number of benzene rings is 2. The molecule has 33 heavy (non-hydrogen) atoms. The normalized spacial score (nSPS) is 12.5. The quantitative estimate of drug-likeness (QED) is 0.362. The molecule has 0 aliphatic rings. The van der Waals surface area contributed by atoms with E-state index in [1.54, 1.807) is 18.3 Å². The maximum absolute atomic E-state index is 13.3. The molecule has 0 bridgehead atoms. The first-order valence-corrected chi connectivity index (χ1v) is 10.3. The van der Waals surface area contributed by atoms with E-state index in [1.807, 2.05) is 37.3 Å². The minimum Gasteiger partial charge on any atom is -0.352 e. The number of aromatic amines is 1. The monoisotopic (exact) mass is 453 g/mol. The van der Waals surface area contributed by atoms with Crippen molar-refractivity contribution in [1.82, 2.24) is 20.3 Å². The molecule has 0 aliphatic heterocycles. The van der Waals surface area contributed by atoms with Crippen LogP contribution in [0.5, 0.6) is 0 Å². The molecule has 1 atom stereocenters. The van der Waals surface area contributed by atoms with Crippen molar-refractivity contribution in [2.75, 3.05) is 5.32 Å². The first-order chi connectivity index (χ1) is 15.8. The summed E-state index contributed by atoms with van der Waals surface area (Å²) in [5.41, 5.74) is 2.76. The Morgan fingerprint density at radius 3 is 2.67 bits per heavy atom. The number of carbonyl (C=O) groups is 1. The number of pyridine rings is 1. The van der Waals surface area contributed by atoms with Gasteiger partial charge in [0.2, 0.25) is 11.9 Å². The number of nitrogens with zero attached hydrogens (tertiary/aromatic N) is 2. The zero-order valence-electron chi connectivity index (χ0n) is 17.8. The summed E-state index contributed by atoms with van der Waals surface area (Å²) in [5.74, 6) is 0.0617. The lowest BCUT2D eigenvalue weighted by Gasteiger charge is -2.20. The number of carbonyl (C=O) groups excluding carboxylic acids is 1. The number of alkyl halides is 3. The van der Waals surface area contributed by atoms with E-state index >= 15 is 0 Å². The van der Waals surface area contributed by atoms with Gasteiger partial charge < -0.3 is 15.6 Å². The van der Waals surface area contributed by atoms with Gasteiger partial charge in [0.25, 0.3) is 0 Å². The van der Waals surface area contributed by atoms with Crippen LogP contribution in [0.2, 0.25) is 0 Å². The number of halogens is 3. The maximum Gasteiger partial charge on any atom is 0.416 e. The van der Waals surface area contributed by atoms with Crippen molar-refractivity contribution >= 4 is 22.9 Å². The minimum atomic E-state index is -4.48. The van der Waals surface area contributed by atoms with Gasteiger partial charge in [-0.15, -0.1) is 0 Å². The third-order valence-electron chi connectivity index (χ3n) is 5.16. The largest absolute Gasteiger partial charge is 0.416 e. The van der Waals surface area contributed by atoms with Crippen molar-refractivity contribution < 1.29 is 18.0 Å². The number of aryl methyl sites for hydroxylation is 1. The van der Waals surface area contributed by atoms with Gasteiger partial charge in [0.05, 0.1) is 29.1 Å². The number of fused-ring (bicyclic) bond motifs is 1. The van der Waals surface area contributed by atoms with Crippen LogP contribution in [0.25, 0.3) is 11.0 Å². The second-order valence-electron chi connectivity index (χ2n) is 7.71. The Hall–Kier alpha value is -3.88. The number of H-pyrrole nitrogens is 1. The van der Waals surface area contributed by atoms with Crippen LogP contribution in [0.4, 0.5) is 19.1 Å². The van der Waals surface area contributed by atoms with Gasteiger partial charge in [0.15, 0.2) is 0 Å². The Kier molecular flexibility index (Phi) is 6.30. The number of hydrogen-bond acceptors (Lipinski definition) is 4. The molecule has 1 amide bonds.